The summed E-state index contributed by atoms with van der Waals surface area (Å²) in [5.74, 6) is 1.30. The van der Waals surface area contributed by atoms with Crippen LogP contribution < -0.4 is 10.1 Å². The summed E-state index contributed by atoms with van der Waals surface area (Å²) >= 11 is 0. The third-order valence-electron chi connectivity index (χ3n) is 5.40. The Bertz CT molecular complexity index is 1090. The van der Waals surface area contributed by atoms with Gasteiger partial charge in [-0.25, -0.2) is 9.97 Å². The van der Waals surface area contributed by atoms with Gasteiger partial charge in [-0.1, -0.05) is 19.6 Å². The van der Waals surface area contributed by atoms with Crippen molar-refractivity contribution in [3.8, 4) is 17.0 Å². The topological polar surface area (TPSA) is 78.3 Å². The summed E-state index contributed by atoms with van der Waals surface area (Å²) in [5, 5.41) is 3.91. The fourth-order valence-corrected chi connectivity index (χ4v) is 4.18. The maximum atomic E-state index is 12.2. The number of methoxy groups -OCH3 is 1. The Morgan fingerprint density at radius 3 is 2.74 bits per heavy atom. The van der Waals surface area contributed by atoms with Crippen molar-refractivity contribution in [2.24, 2.45) is 5.92 Å². The summed E-state index contributed by atoms with van der Waals surface area (Å²) < 4.78 is 13.5. The first kappa shape index (κ1) is 21.5. The summed E-state index contributed by atoms with van der Waals surface area (Å²) in [4.78, 5) is 21.3. The second kappa shape index (κ2) is 8.80. The number of anilines is 1. The molecule has 7 nitrogen and oxygen atoms in total. The first-order valence-corrected chi connectivity index (χ1v) is 14.4. The molecule has 8 heteroatoms. The van der Waals surface area contributed by atoms with Crippen LogP contribution in [0.5, 0.6) is 5.88 Å². The van der Waals surface area contributed by atoms with Gasteiger partial charge in [0.25, 0.3) is 0 Å². The number of aromatic nitrogens is 3. The molecule has 0 saturated heterocycles. The van der Waals surface area contributed by atoms with E-state index in [-0.39, 0.29) is 11.8 Å². The maximum absolute atomic E-state index is 12.2. The standard InChI is InChI=1S/C23H30N4O3Si/c1-29-23-18(6-5-11-24-23)19-14-27(15-30-12-13-31(2,3)4)21-17(19)9-10-20(25-21)26-22(28)16-7-8-16/h5-6,9-11,14,16H,7-8,12-13,15H2,1-4H3,(H,25,26,28). The van der Waals surface area contributed by atoms with Gasteiger partial charge in [0.15, 0.2) is 0 Å². The van der Waals surface area contributed by atoms with Crippen LogP contribution in [-0.4, -0.2) is 42.2 Å². The molecule has 0 unspecified atom stereocenters. The molecule has 1 aliphatic rings. The fourth-order valence-electron chi connectivity index (χ4n) is 3.42. The second-order valence-electron chi connectivity index (χ2n) is 9.25. The van der Waals surface area contributed by atoms with Gasteiger partial charge in [-0.05, 0) is 43.2 Å². The average molecular weight is 439 g/mol. The lowest BCUT2D eigenvalue weighted by molar-refractivity contribution is -0.117. The second-order valence-corrected chi connectivity index (χ2v) is 14.9. The molecule has 3 aromatic rings. The van der Waals surface area contributed by atoms with E-state index >= 15 is 0 Å². The summed E-state index contributed by atoms with van der Waals surface area (Å²) in [7, 11) is 0.456. The van der Waals surface area contributed by atoms with Gasteiger partial charge < -0.3 is 19.4 Å². The first-order chi connectivity index (χ1) is 14.9. The lowest BCUT2D eigenvalue weighted by Gasteiger charge is -2.15. The Morgan fingerprint density at radius 2 is 2.03 bits per heavy atom. The Hall–Kier alpha value is -2.71. The largest absolute Gasteiger partial charge is 0.481 e. The van der Waals surface area contributed by atoms with Gasteiger partial charge in [-0.3, -0.25) is 4.79 Å². The zero-order chi connectivity index (χ0) is 22.0. The van der Waals surface area contributed by atoms with Crippen molar-refractivity contribution in [3.05, 3.63) is 36.7 Å². The first-order valence-electron chi connectivity index (χ1n) is 10.7. The molecule has 0 bridgehead atoms. The molecular weight excluding hydrogens is 408 g/mol. The van der Waals surface area contributed by atoms with E-state index in [0.29, 0.717) is 18.4 Å². The molecule has 1 saturated carbocycles. The highest BCUT2D eigenvalue weighted by atomic mass is 28.3. The van der Waals surface area contributed by atoms with Gasteiger partial charge in [0, 0.05) is 49.5 Å². The number of ether oxygens (including phenoxy) is 2. The van der Waals surface area contributed by atoms with Gasteiger partial charge in [-0.2, -0.15) is 0 Å². The van der Waals surface area contributed by atoms with E-state index < -0.39 is 8.07 Å². The van der Waals surface area contributed by atoms with Gasteiger partial charge >= 0.3 is 0 Å². The molecule has 4 rings (SSSR count). The third kappa shape index (κ3) is 5.14. The van der Waals surface area contributed by atoms with Crippen molar-refractivity contribution in [2.45, 2.75) is 45.3 Å². The maximum Gasteiger partial charge on any atom is 0.228 e. The van der Waals surface area contributed by atoms with Crippen molar-refractivity contribution >= 4 is 30.8 Å². The Kier molecular flexibility index (Phi) is 6.11. The molecule has 1 aliphatic carbocycles. The number of hydrogen-bond donors (Lipinski definition) is 1. The predicted octanol–water partition coefficient (Wildman–Crippen LogP) is 4.77. The Morgan fingerprint density at radius 1 is 1.23 bits per heavy atom. The minimum absolute atomic E-state index is 0.0468. The number of pyridine rings is 2. The number of carbonyl (C=O) groups excluding carboxylic acids is 1. The summed E-state index contributed by atoms with van der Waals surface area (Å²) in [6, 6.07) is 8.82. The van der Waals surface area contributed by atoms with E-state index in [1.807, 2.05) is 35.0 Å². The van der Waals surface area contributed by atoms with Crippen LogP contribution in [-0.2, 0) is 16.3 Å². The van der Waals surface area contributed by atoms with Crippen molar-refractivity contribution in [1.82, 2.24) is 14.5 Å². The van der Waals surface area contributed by atoms with Crippen LogP contribution in [0.15, 0.2) is 36.7 Å². The smallest absolute Gasteiger partial charge is 0.228 e. The van der Waals surface area contributed by atoms with Crippen LogP contribution >= 0.6 is 0 Å². The molecule has 3 heterocycles. The molecule has 1 N–H and O–H groups in total. The number of nitrogens with one attached hydrogen (secondary N) is 1. The fraction of sp³-hybridized carbons (Fsp3) is 0.435. The number of nitrogens with zero attached hydrogens (tertiary/aromatic N) is 3. The molecule has 0 atom stereocenters. The third-order valence-corrected chi connectivity index (χ3v) is 7.11. The predicted molar refractivity (Wildman–Crippen MR) is 125 cm³/mol. The molecule has 1 amide bonds. The number of hydrogen-bond acceptors (Lipinski definition) is 5. The van der Waals surface area contributed by atoms with Crippen LogP contribution in [0.4, 0.5) is 5.82 Å². The normalized spacial score (nSPS) is 14.1. The molecule has 0 aromatic carbocycles. The van der Waals surface area contributed by atoms with Crippen LogP contribution in [0.3, 0.4) is 0 Å². The van der Waals surface area contributed by atoms with Crippen LogP contribution in [0, 0.1) is 5.92 Å². The average Bonchev–Trinajstić information content (AvgIpc) is 3.53. The molecule has 0 spiro atoms. The van der Waals surface area contributed by atoms with Gasteiger partial charge in [0.05, 0.1) is 7.11 Å². The lowest BCUT2D eigenvalue weighted by atomic mass is 10.1. The SMILES string of the molecule is COc1ncccc1-c1cn(COCC[Si](C)(C)C)c2nc(NC(=O)C3CC3)ccc12. The van der Waals surface area contributed by atoms with Crippen LogP contribution in [0.2, 0.25) is 25.7 Å². The monoisotopic (exact) mass is 438 g/mol. The highest BCUT2D eigenvalue weighted by molar-refractivity contribution is 6.76. The molecule has 0 radical (unpaired) electrons. The highest BCUT2D eigenvalue weighted by Gasteiger charge is 2.30. The van der Waals surface area contributed by atoms with E-state index in [1.165, 1.54) is 0 Å². The van der Waals surface area contributed by atoms with E-state index in [1.54, 1.807) is 13.3 Å². The summed E-state index contributed by atoms with van der Waals surface area (Å²) in [5.41, 5.74) is 2.64. The van der Waals surface area contributed by atoms with Crippen LogP contribution in [0.1, 0.15) is 12.8 Å². The highest BCUT2D eigenvalue weighted by Crippen LogP contribution is 2.35. The van der Waals surface area contributed by atoms with Crippen molar-refractivity contribution < 1.29 is 14.3 Å². The van der Waals surface area contributed by atoms with Gasteiger partial charge in [0.1, 0.15) is 18.2 Å². The number of amides is 1. The quantitative estimate of drug-likeness (QED) is 0.385. The molecule has 3 aromatic heterocycles. The minimum atomic E-state index is -1.16. The van der Waals surface area contributed by atoms with Gasteiger partial charge in [-0.15, -0.1) is 0 Å². The molecule has 1 fully saturated rings. The summed E-state index contributed by atoms with van der Waals surface area (Å²) in [6.07, 6.45) is 5.66. The molecule has 164 valence electrons. The van der Waals surface area contributed by atoms with Crippen LogP contribution in [0.25, 0.3) is 22.2 Å². The number of carbonyl (C=O) groups is 1. The zero-order valence-corrected chi connectivity index (χ0v) is 19.6. The van der Waals surface area contributed by atoms with E-state index in [9.17, 15) is 4.79 Å². The molecule has 31 heavy (non-hydrogen) atoms. The Labute approximate surface area is 183 Å². The molecule has 0 aliphatic heterocycles. The molecular formula is C23H30N4O3Si. The number of rotatable bonds is 9. The summed E-state index contributed by atoms with van der Waals surface area (Å²) in [6.45, 7) is 8.13. The van der Waals surface area contributed by atoms with Crippen molar-refractivity contribution in [1.29, 1.82) is 0 Å². The van der Waals surface area contributed by atoms with E-state index in [0.717, 1.165) is 47.7 Å². The lowest BCUT2D eigenvalue weighted by Crippen LogP contribution is -2.22. The minimum Gasteiger partial charge on any atom is -0.481 e. The van der Waals surface area contributed by atoms with Crippen molar-refractivity contribution in [2.75, 3.05) is 19.0 Å². The van der Waals surface area contributed by atoms with Crippen molar-refractivity contribution in [3.63, 3.8) is 0 Å². The van der Waals surface area contributed by atoms with E-state index in [4.69, 9.17) is 14.5 Å². The zero-order valence-electron chi connectivity index (χ0n) is 18.6. The van der Waals surface area contributed by atoms with E-state index in [2.05, 4.69) is 29.9 Å². The van der Waals surface area contributed by atoms with Gasteiger partial charge in [0.2, 0.25) is 11.8 Å². The Balaban J connectivity index is 1.67. The number of fused-ring (bicyclic) bond motifs is 1.